The lowest BCUT2D eigenvalue weighted by Gasteiger charge is -2.14. The van der Waals surface area contributed by atoms with Crippen LogP contribution in [0.3, 0.4) is 0 Å². The van der Waals surface area contributed by atoms with Gasteiger partial charge in [0, 0.05) is 5.69 Å². The highest BCUT2D eigenvalue weighted by molar-refractivity contribution is 8.00. The number of nitrogens with one attached hydrogen (secondary N) is 4. The van der Waals surface area contributed by atoms with E-state index in [0.29, 0.717) is 11.4 Å². The van der Waals surface area contributed by atoms with Crippen molar-refractivity contribution in [3.8, 4) is 5.75 Å². The molecule has 0 fully saturated rings. The normalized spacial score (nSPS) is 9.93. The molecule has 0 unspecified atom stereocenters. The molecule has 0 spiro atoms. The first kappa shape index (κ1) is 21.5. The van der Waals surface area contributed by atoms with Gasteiger partial charge < -0.3 is 15.4 Å². The van der Waals surface area contributed by atoms with Crippen LogP contribution in [-0.2, 0) is 9.59 Å². The predicted molar refractivity (Wildman–Crippen MR) is 118 cm³/mol. The molecular weight excluding hydrogens is 396 g/mol. The fraction of sp³-hybridized carbons (Fsp3) is 0.211. The highest BCUT2D eigenvalue weighted by atomic mass is 32.2. The van der Waals surface area contributed by atoms with Crippen molar-refractivity contribution in [3.63, 3.8) is 0 Å². The van der Waals surface area contributed by atoms with Gasteiger partial charge in [-0.3, -0.25) is 20.4 Å². The molecule has 0 aliphatic heterocycles. The van der Waals surface area contributed by atoms with Gasteiger partial charge in [0.05, 0.1) is 24.3 Å². The number of hydrazine groups is 1. The number of para-hydroxylation sites is 1. The molecule has 7 nitrogen and oxygen atoms in total. The number of hydrogen-bond donors (Lipinski definition) is 4. The maximum Gasteiger partial charge on any atom is 0.248 e. The van der Waals surface area contributed by atoms with Crippen LogP contribution in [0.2, 0.25) is 0 Å². The summed E-state index contributed by atoms with van der Waals surface area (Å²) in [4.78, 5) is 23.7. The van der Waals surface area contributed by atoms with Gasteiger partial charge in [0.1, 0.15) is 5.75 Å². The lowest BCUT2D eigenvalue weighted by Crippen LogP contribution is -2.44. The largest absolute Gasteiger partial charge is 0.495 e. The monoisotopic (exact) mass is 418 g/mol. The third kappa shape index (κ3) is 7.45. The van der Waals surface area contributed by atoms with Gasteiger partial charge in [0.2, 0.25) is 11.8 Å². The van der Waals surface area contributed by atoms with Crippen molar-refractivity contribution in [2.75, 3.05) is 29.2 Å². The number of ether oxygens (including phenoxy) is 1. The number of amides is 2. The minimum atomic E-state index is -0.294. The van der Waals surface area contributed by atoms with Crippen LogP contribution in [0.4, 0.5) is 11.4 Å². The second-order valence-electron chi connectivity index (χ2n) is 5.74. The van der Waals surface area contributed by atoms with Crippen LogP contribution in [0.25, 0.3) is 0 Å². The van der Waals surface area contributed by atoms with Crippen molar-refractivity contribution in [1.29, 1.82) is 0 Å². The summed E-state index contributed by atoms with van der Waals surface area (Å²) in [5.41, 5.74) is 7.59. The van der Waals surface area contributed by atoms with E-state index in [0.717, 1.165) is 11.3 Å². The minimum absolute atomic E-state index is 0.117. The van der Waals surface area contributed by atoms with Gasteiger partial charge in [-0.25, -0.2) is 0 Å². The number of aryl methyl sites for hydroxylation is 1. The fourth-order valence-electron chi connectivity index (χ4n) is 2.19. The summed E-state index contributed by atoms with van der Waals surface area (Å²) in [6.45, 7) is 1.95. The number of anilines is 2. The second kappa shape index (κ2) is 11.2. The molecule has 0 aliphatic rings. The van der Waals surface area contributed by atoms with Crippen LogP contribution >= 0.6 is 24.0 Å². The molecule has 2 rings (SSSR count). The molecule has 4 N–H and O–H groups in total. The smallest absolute Gasteiger partial charge is 0.248 e. The standard InChI is InChI=1S/C19H22N4O3S2/c1-13-8-9-16(26-2)15(10-13)21-19(27)23-22-18(25)12-28-11-17(24)20-14-6-4-3-5-7-14/h3-10H,11-12H2,1-2H3,(H,20,24)(H,22,25)(H2,21,23,27). The summed E-state index contributed by atoms with van der Waals surface area (Å²) in [6, 6.07) is 14.8. The van der Waals surface area contributed by atoms with Gasteiger partial charge in [-0.05, 0) is 49.0 Å². The molecule has 2 amide bonds. The second-order valence-corrected chi connectivity index (χ2v) is 7.13. The topological polar surface area (TPSA) is 91.5 Å². The summed E-state index contributed by atoms with van der Waals surface area (Å²) in [7, 11) is 1.57. The van der Waals surface area contributed by atoms with E-state index in [4.69, 9.17) is 17.0 Å². The number of thiocarbonyl (C=S) groups is 1. The van der Waals surface area contributed by atoms with E-state index in [1.165, 1.54) is 11.8 Å². The van der Waals surface area contributed by atoms with Gasteiger partial charge in [0.25, 0.3) is 0 Å². The first-order chi connectivity index (χ1) is 13.5. The van der Waals surface area contributed by atoms with Crippen molar-refractivity contribution >= 4 is 52.3 Å². The van der Waals surface area contributed by atoms with Crippen molar-refractivity contribution in [1.82, 2.24) is 10.9 Å². The molecule has 0 radical (unpaired) electrons. The number of carbonyl (C=O) groups excluding carboxylic acids is 2. The van der Waals surface area contributed by atoms with Crippen LogP contribution < -0.4 is 26.2 Å². The van der Waals surface area contributed by atoms with E-state index in [2.05, 4.69) is 21.5 Å². The lowest BCUT2D eigenvalue weighted by molar-refractivity contribution is -0.119. The number of hydrogen-bond acceptors (Lipinski definition) is 5. The lowest BCUT2D eigenvalue weighted by atomic mass is 10.2. The van der Waals surface area contributed by atoms with Crippen molar-refractivity contribution in [3.05, 3.63) is 54.1 Å². The molecule has 0 saturated carbocycles. The Kier molecular flexibility index (Phi) is 8.57. The summed E-state index contributed by atoms with van der Waals surface area (Å²) >= 11 is 6.37. The Bertz CT molecular complexity index is 831. The summed E-state index contributed by atoms with van der Waals surface area (Å²) < 4.78 is 5.27. The van der Waals surface area contributed by atoms with Gasteiger partial charge >= 0.3 is 0 Å². The molecular formula is C19H22N4O3S2. The Balaban J connectivity index is 1.67. The van der Waals surface area contributed by atoms with Crippen LogP contribution in [0.15, 0.2) is 48.5 Å². The molecule has 0 heterocycles. The van der Waals surface area contributed by atoms with Gasteiger partial charge in [-0.1, -0.05) is 24.3 Å². The number of rotatable bonds is 7. The highest BCUT2D eigenvalue weighted by Gasteiger charge is 2.08. The Labute approximate surface area is 173 Å². The molecule has 0 saturated heterocycles. The van der Waals surface area contributed by atoms with Crippen LogP contribution in [-0.4, -0.2) is 35.5 Å². The molecule has 0 aliphatic carbocycles. The zero-order chi connectivity index (χ0) is 20.4. The molecule has 0 aromatic heterocycles. The third-order valence-electron chi connectivity index (χ3n) is 3.44. The highest BCUT2D eigenvalue weighted by Crippen LogP contribution is 2.24. The van der Waals surface area contributed by atoms with Gasteiger partial charge in [-0.15, -0.1) is 11.8 Å². The Morgan fingerprint density at radius 3 is 2.43 bits per heavy atom. The Morgan fingerprint density at radius 2 is 1.71 bits per heavy atom. The molecule has 9 heteroatoms. The quantitative estimate of drug-likeness (QED) is 0.406. The molecule has 28 heavy (non-hydrogen) atoms. The first-order valence-corrected chi connectivity index (χ1v) is 9.97. The van der Waals surface area contributed by atoms with Crippen LogP contribution in [0.1, 0.15) is 5.56 Å². The summed E-state index contributed by atoms with van der Waals surface area (Å²) in [5, 5.41) is 5.95. The van der Waals surface area contributed by atoms with E-state index >= 15 is 0 Å². The number of carbonyl (C=O) groups is 2. The van der Waals surface area contributed by atoms with Crippen molar-refractivity contribution < 1.29 is 14.3 Å². The molecule has 0 bridgehead atoms. The first-order valence-electron chi connectivity index (χ1n) is 8.41. The zero-order valence-corrected chi connectivity index (χ0v) is 17.2. The van der Waals surface area contributed by atoms with E-state index in [9.17, 15) is 9.59 Å². The van der Waals surface area contributed by atoms with Gasteiger partial charge in [-0.2, -0.15) is 0 Å². The van der Waals surface area contributed by atoms with Crippen LogP contribution in [0.5, 0.6) is 5.75 Å². The average Bonchev–Trinajstić information content (AvgIpc) is 2.67. The SMILES string of the molecule is COc1ccc(C)cc1NC(=S)NNC(=O)CSCC(=O)Nc1ccccc1. The third-order valence-corrected chi connectivity index (χ3v) is 4.58. The Hall–Kier alpha value is -2.78. The summed E-state index contributed by atoms with van der Waals surface area (Å²) in [5.74, 6) is 0.469. The maximum absolute atomic E-state index is 11.9. The molecule has 148 valence electrons. The van der Waals surface area contributed by atoms with Crippen LogP contribution in [0, 0.1) is 6.92 Å². The summed E-state index contributed by atoms with van der Waals surface area (Å²) in [6.07, 6.45) is 0. The average molecular weight is 419 g/mol. The minimum Gasteiger partial charge on any atom is -0.495 e. The predicted octanol–water partition coefficient (Wildman–Crippen LogP) is 2.69. The van der Waals surface area contributed by atoms with Crippen molar-refractivity contribution in [2.24, 2.45) is 0 Å². The maximum atomic E-state index is 11.9. The number of thioether (sulfide) groups is 1. The van der Waals surface area contributed by atoms with Gasteiger partial charge in [0.15, 0.2) is 5.11 Å². The molecule has 0 atom stereocenters. The molecule has 2 aromatic rings. The van der Waals surface area contributed by atoms with E-state index in [1.54, 1.807) is 19.2 Å². The molecule has 2 aromatic carbocycles. The Morgan fingerprint density at radius 1 is 1.00 bits per heavy atom. The zero-order valence-electron chi connectivity index (χ0n) is 15.6. The van der Waals surface area contributed by atoms with E-state index in [1.807, 2.05) is 43.3 Å². The number of benzene rings is 2. The van der Waals surface area contributed by atoms with Crippen molar-refractivity contribution in [2.45, 2.75) is 6.92 Å². The fourth-order valence-corrected chi connectivity index (χ4v) is 2.97. The van der Waals surface area contributed by atoms with E-state index < -0.39 is 0 Å². The van der Waals surface area contributed by atoms with E-state index in [-0.39, 0.29) is 28.4 Å². The number of methoxy groups -OCH3 is 1.